The minimum atomic E-state index is -0.924. The molecule has 0 heterocycles. The number of carboxylic acid groups (broad SMARTS) is 1. The van der Waals surface area contributed by atoms with Crippen molar-refractivity contribution >= 4 is 11.5 Å². The van der Waals surface area contributed by atoms with Gasteiger partial charge < -0.3 is 5.11 Å². The van der Waals surface area contributed by atoms with Gasteiger partial charge in [-0.1, -0.05) is 73.7 Å². The molecule has 21 heavy (non-hydrogen) atoms. The van der Waals surface area contributed by atoms with Gasteiger partial charge in [0.1, 0.15) is 5.41 Å². The molecule has 0 aliphatic heterocycles. The summed E-state index contributed by atoms with van der Waals surface area (Å²) < 4.78 is 0. The third-order valence-corrected chi connectivity index (χ3v) is 4.46. The maximum atomic E-state index is 12.1. The van der Waals surface area contributed by atoms with Crippen LogP contribution in [0.1, 0.15) is 24.5 Å². The van der Waals surface area contributed by atoms with E-state index in [-0.39, 0.29) is 5.92 Å². The van der Waals surface area contributed by atoms with Crippen LogP contribution in [0.5, 0.6) is 0 Å². The van der Waals surface area contributed by atoms with Crippen molar-refractivity contribution in [3.05, 3.63) is 77.9 Å². The Morgan fingerprint density at radius 1 is 1.05 bits per heavy atom. The minimum absolute atomic E-state index is 0.0348. The number of allylic oxidation sites excluding steroid dienone is 1. The molecule has 3 rings (SSSR count). The Morgan fingerprint density at radius 2 is 1.62 bits per heavy atom. The zero-order valence-electron chi connectivity index (χ0n) is 12.0. The molecule has 0 radical (unpaired) electrons. The summed E-state index contributed by atoms with van der Waals surface area (Å²) in [5, 5.41) is 9.91. The number of rotatable bonds is 3. The van der Waals surface area contributed by atoms with Gasteiger partial charge in [-0.2, -0.15) is 0 Å². The topological polar surface area (TPSA) is 37.3 Å². The van der Waals surface area contributed by atoms with Gasteiger partial charge >= 0.3 is 5.97 Å². The van der Waals surface area contributed by atoms with Crippen LogP contribution in [0.25, 0.3) is 5.57 Å². The van der Waals surface area contributed by atoms with E-state index in [1.807, 2.05) is 73.7 Å². The van der Waals surface area contributed by atoms with E-state index in [0.717, 1.165) is 23.1 Å². The number of aliphatic carboxylic acids is 1. The van der Waals surface area contributed by atoms with Crippen LogP contribution >= 0.6 is 0 Å². The maximum absolute atomic E-state index is 12.1. The highest BCUT2D eigenvalue weighted by atomic mass is 16.4. The molecular formula is C19H18O2. The lowest BCUT2D eigenvalue weighted by Crippen LogP contribution is -2.37. The van der Waals surface area contributed by atoms with Crippen LogP contribution in [0.15, 0.2) is 66.7 Å². The van der Waals surface area contributed by atoms with Gasteiger partial charge in [0.25, 0.3) is 0 Å². The fourth-order valence-electron chi connectivity index (χ4n) is 3.30. The Labute approximate surface area is 124 Å². The van der Waals surface area contributed by atoms with Crippen molar-refractivity contribution in [1.82, 2.24) is 0 Å². The molecule has 2 atom stereocenters. The summed E-state index contributed by atoms with van der Waals surface area (Å²) in [6, 6.07) is 19.6. The van der Waals surface area contributed by atoms with Crippen LogP contribution < -0.4 is 0 Å². The van der Waals surface area contributed by atoms with Crippen molar-refractivity contribution < 1.29 is 9.90 Å². The van der Waals surface area contributed by atoms with Gasteiger partial charge in [-0.25, -0.2) is 0 Å². The van der Waals surface area contributed by atoms with E-state index in [1.54, 1.807) is 0 Å². The molecule has 0 spiro atoms. The number of benzene rings is 2. The largest absolute Gasteiger partial charge is 0.480 e. The summed E-state index contributed by atoms with van der Waals surface area (Å²) in [5.74, 6) is -0.736. The van der Waals surface area contributed by atoms with Crippen LogP contribution in [-0.2, 0) is 10.2 Å². The molecule has 0 saturated heterocycles. The SMILES string of the molecule is CC1CC(c2ccccc2)=CC1(C(=O)O)c1ccccc1. The maximum Gasteiger partial charge on any atom is 0.318 e. The molecule has 0 saturated carbocycles. The van der Waals surface area contributed by atoms with Crippen LogP contribution in [0.4, 0.5) is 0 Å². The van der Waals surface area contributed by atoms with Crippen LogP contribution in [-0.4, -0.2) is 11.1 Å². The third-order valence-electron chi connectivity index (χ3n) is 4.46. The molecule has 2 heteroatoms. The number of hydrogen-bond acceptors (Lipinski definition) is 1. The van der Waals surface area contributed by atoms with Gasteiger partial charge in [-0.05, 0) is 29.0 Å². The fourth-order valence-corrected chi connectivity index (χ4v) is 3.30. The molecule has 2 unspecified atom stereocenters. The predicted molar refractivity (Wildman–Crippen MR) is 84.0 cm³/mol. The van der Waals surface area contributed by atoms with Crippen LogP contribution in [0, 0.1) is 5.92 Å². The van der Waals surface area contributed by atoms with E-state index in [0.29, 0.717) is 0 Å². The van der Waals surface area contributed by atoms with Crippen molar-refractivity contribution in [2.45, 2.75) is 18.8 Å². The monoisotopic (exact) mass is 278 g/mol. The second kappa shape index (κ2) is 5.21. The lowest BCUT2D eigenvalue weighted by atomic mass is 9.73. The molecule has 1 N–H and O–H groups in total. The van der Waals surface area contributed by atoms with E-state index in [1.165, 1.54) is 0 Å². The highest BCUT2D eigenvalue weighted by Crippen LogP contribution is 2.47. The van der Waals surface area contributed by atoms with Crippen LogP contribution in [0.2, 0.25) is 0 Å². The van der Waals surface area contributed by atoms with Gasteiger partial charge in [-0.3, -0.25) is 4.79 Å². The predicted octanol–water partition coefficient (Wildman–Crippen LogP) is 4.13. The Balaban J connectivity index is 2.13. The number of carbonyl (C=O) groups is 1. The molecule has 1 aliphatic rings. The lowest BCUT2D eigenvalue weighted by Gasteiger charge is -2.28. The smallest absolute Gasteiger partial charge is 0.318 e. The van der Waals surface area contributed by atoms with Crippen molar-refractivity contribution in [3.63, 3.8) is 0 Å². The van der Waals surface area contributed by atoms with Gasteiger partial charge in [0, 0.05) is 0 Å². The number of hydrogen-bond donors (Lipinski definition) is 1. The first-order valence-electron chi connectivity index (χ1n) is 7.20. The van der Waals surface area contributed by atoms with Crippen molar-refractivity contribution in [2.24, 2.45) is 5.92 Å². The average Bonchev–Trinajstić information content (AvgIpc) is 2.88. The molecule has 2 aromatic rings. The van der Waals surface area contributed by atoms with E-state index in [4.69, 9.17) is 0 Å². The Hall–Kier alpha value is -2.35. The normalized spacial score (nSPS) is 24.6. The lowest BCUT2D eigenvalue weighted by molar-refractivity contribution is -0.143. The van der Waals surface area contributed by atoms with E-state index in [9.17, 15) is 9.90 Å². The zero-order chi connectivity index (χ0) is 14.9. The summed E-state index contributed by atoms with van der Waals surface area (Å²) in [7, 11) is 0. The Morgan fingerprint density at radius 3 is 2.19 bits per heavy atom. The summed E-state index contributed by atoms with van der Waals surface area (Å²) in [6.45, 7) is 2.02. The van der Waals surface area contributed by atoms with E-state index < -0.39 is 11.4 Å². The minimum Gasteiger partial charge on any atom is -0.480 e. The van der Waals surface area contributed by atoms with E-state index in [2.05, 4.69) is 0 Å². The summed E-state index contributed by atoms with van der Waals surface area (Å²) >= 11 is 0. The summed E-state index contributed by atoms with van der Waals surface area (Å²) in [4.78, 5) is 12.1. The van der Waals surface area contributed by atoms with Crippen molar-refractivity contribution in [3.8, 4) is 0 Å². The van der Waals surface area contributed by atoms with Gasteiger partial charge in [-0.15, -0.1) is 0 Å². The highest BCUT2D eigenvalue weighted by Gasteiger charge is 2.47. The van der Waals surface area contributed by atoms with Gasteiger partial charge in [0.05, 0.1) is 0 Å². The molecule has 0 amide bonds. The zero-order valence-corrected chi connectivity index (χ0v) is 12.0. The number of carboxylic acids is 1. The average molecular weight is 278 g/mol. The first-order chi connectivity index (χ1) is 10.1. The molecule has 1 aliphatic carbocycles. The third kappa shape index (κ3) is 2.17. The second-order valence-corrected chi connectivity index (χ2v) is 5.68. The first kappa shape index (κ1) is 13.6. The fraction of sp³-hybridized carbons (Fsp3) is 0.211. The van der Waals surface area contributed by atoms with Crippen LogP contribution in [0.3, 0.4) is 0 Å². The molecule has 0 fully saturated rings. The molecular weight excluding hydrogens is 260 g/mol. The molecule has 0 aromatic heterocycles. The Bertz CT molecular complexity index is 673. The first-order valence-corrected chi connectivity index (χ1v) is 7.20. The van der Waals surface area contributed by atoms with E-state index >= 15 is 0 Å². The molecule has 0 bridgehead atoms. The summed E-state index contributed by atoms with van der Waals surface area (Å²) in [5.41, 5.74) is 2.17. The van der Waals surface area contributed by atoms with Gasteiger partial charge in [0.2, 0.25) is 0 Å². The molecule has 2 aromatic carbocycles. The van der Waals surface area contributed by atoms with Gasteiger partial charge in [0.15, 0.2) is 0 Å². The summed E-state index contributed by atoms with van der Waals surface area (Å²) in [6.07, 6.45) is 2.73. The standard InChI is InChI=1S/C19H18O2/c1-14-12-16(15-8-4-2-5-9-15)13-19(14,18(20)21)17-10-6-3-7-11-17/h2-11,13-14H,12H2,1H3,(H,20,21). The molecule has 106 valence electrons. The van der Waals surface area contributed by atoms with Crippen molar-refractivity contribution in [1.29, 1.82) is 0 Å². The quantitative estimate of drug-likeness (QED) is 0.916. The highest BCUT2D eigenvalue weighted by molar-refractivity contribution is 5.90. The Kier molecular flexibility index (Phi) is 3.38. The second-order valence-electron chi connectivity index (χ2n) is 5.68. The molecule has 2 nitrogen and oxygen atoms in total. The van der Waals surface area contributed by atoms with Crippen molar-refractivity contribution in [2.75, 3.05) is 0 Å².